The third-order valence-electron chi connectivity index (χ3n) is 6.62. The van der Waals surface area contributed by atoms with E-state index < -0.39 is 27.7 Å². The molecular weight excluding hydrogens is 570 g/mol. The molecule has 1 aliphatic rings. The van der Waals surface area contributed by atoms with Crippen molar-refractivity contribution in [1.82, 2.24) is 0 Å². The van der Waals surface area contributed by atoms with E-state index in [0.717, 1.165) is 5.56 Å². The lowest BCUT2D eigenvalue weighted by atomic mass is 10.1. The van der Waals surface area contributed by atoms with E-state index in [2.05, 4.69) is 0 Å². The number of anilines is 1. The molecule has 9 nitrogen and oxygen atoms in total. The van der Waals surface area contributed by atoms with E-state index >= 15 is 0 Å². The van der Waals surface area contributed by atoms with Gasteiger partial charge in [-0.2, -0.15) is 13.0 Å². The predicted molar refractivity (Wildman–Crippen MR) is 150 cm³/mol. The number of hydrogen-bond acceptors (Lipinski definition) is 6. The molecule has 0 spiro atoms. The monoisotopic (exact) mass is 597 g/mol. The summed E-state index contributed by atoms with van der Waals surface area (Å²) in [5, 5.41) is 9.03. The average molecular weight is 598 g/mol. The average Bonchev–Trinajstić information content (AvgIpc) is 3.43. The fourth-order valence-corrected chi connectivity index (χ4v) is 5.26. The van der Waals surface area contributed by atoms with Crippen molar-refractivity contribution in [2.75, 3.05) is 10.7 Å². The SMILES string of the molecule is O=C(O)Cc1ccc(CN2/C(=C/C=C/c3oc4cc(F)ccc4[n+]3CCCCS(=O)(=O)O)Oc3cc(F)ccc32)cc1. The summed E-state index contributed by atoms with van der Waals surface area (Å²) < 4.78 is 72.6. The van der Waals surface area contributed by atoms with Crippen LogP contribution in [0.4, 0.5) is 14.5 Å². The second-order valence-corrected chi connectivity index (χ2v) is 11.3. The number of aliphatic carboxylic acids is 1. The molecule has 0 atom stereocenters. The minimum Gasteiger partial charge on any atom is -0.481 e. The highest BCUT2D eigenvalue weighted by molar-refractivity contribution is 7.85. The molecule has 12 heteroatoms. The van der Waals surface area contributed by atoms with Gasteiger partial charge in [-0.1, -0.05) is 24.3 Å². The van der Waals surface area contributed by atoms with Gasteiger partial charge >= 0.3 is 11.9 Å². The van der Waals surface area contributed by atoms with Crippen molar-refractivity contribution in [2.24, 2.45) is 0 Å². The number of aromatic nitrogens is 1. The van der Waals surface area contributed by atoms with Gasteiger partial charge in [-0.05, 0) is 47.9 Å². The number of hydrogen-bond donors (Lipinski definition) is 2. The number of allylic oxidation sites excluding steroid dienone is 2. The molecule has 0 radical (unpaired) electrons. The molecule has 42 heavy (non-hydrogen) atoms. The van der Waals surface area contributed by atoms with Crippen LogP contribution in [-0.2, 0) is 34.4 Å². The van der Waals surface area contributed by atoms with Gasteiger partial charge in [0.05, 0.1) is 30.5 Å². The minimum absolute atomic E-state index is 0.0832. The number of oxazole rings is 1. The molecule has 0 unspecified atom stereocenters. The van der Waals surface area contributed by atoms with Crippen LogP contribution in [0.3, 0.4) is 0 Å². The zero-order valence-electron chi connectivity index (χ0n) is 22.2. The van der Waals surface area contributed by atoms with Crippen molar-refractivity contribution in [2.45, 2.75) is 32.4 Å². The molecule has 0 saturated carbocycles. The van der Waals surface area contributed by atoms with Crippen LogP contribution in [0.2, 0.25) is 0 Å². The first kappa shape index (κ1) is 29.0. The fourth-order valence-electron chi connectivity index (χ4n) is 4.69. The van der Waals surface area contributed by atoms with Crippen molar-refractivity contribution < 1.29 is 45.4 Å². The maximum absolute atomic E-state index is 14.0. The quantitative estimate of drug-likeness (QED) is 0.137. The number of carboxylic acids is 1. The van der Waals surface area contributed by atoms with Gasteiger partial charge in [0.15, 0.2) is 12.3 Å². The highest BCUT2D eigenvalue weighted by Gasteiger charge is 2.27. The van der Waals surface area contributed by atoms with Crippen LogP contribution in [0.25, 0.3) is 17.2 Å². The highest BCUT2D eigenvalue weighted by atomic mass is 32.2. The first-order valence-corrected chi connectivity index (χ1v) is 14.7. The number of ether oxygens (including phenoxy) is 1. The summed E-state index contributed by atoms with van der Waals surface area (Å²) in [5.74, 6) is -1.09. The van der Waals surface area contributed by atoms with E-state index in [1.165, 1.54) is 24.3 Å². The highest BCUT2D eigenvalue weighted by Crippen LogP contribution is 2.40. The van der Waals surface area contributed by atoms with Crippen LogP contribution < -0.4 is 14.2 Å². The largest absolute Gasteiger partial charge is 0.481 e. The molecular formula is C30H27F2N2O7S+. The Labute approximate surface area is 240 Å². The zero-order chi connectivity index (χ0) is 29.9. The van der Waals surface area contributed by atoms with Gasteiger partial charge in [-0.25, -0.2) is 8.78 Å². The number of unbranched alkanes of at least 4 members (excludes halogenated alkanes) is 1. The smallest absolute Gasteiger partial charge is 0.374 e. The van der Waals surface area contributed by atoms with Gasteiger partial charge in [0.1, 0.15) is 11.6 Å². The molecule has 4 aromatic rings. The Balaban J connectivity index is 1.41. The third kappa shape index (κ3) is 7.01. The van der Waals surface area contributed by atoms with E-state index in [1.807, 2.05) is 17.0 Å². The van der Waals surface area contributed by atoms with Crippen molar-refractivity contribution in [3.63, 3.8) is 0 Å². The van der Waals surface area contributed by atoms with Gasteiger partial charge < -0.3 is 19.2 Å². The Hall–Kier alpha value is -4.55. The van der Waals surface area contributed by atoms with Crippen molar-refractivity contribution >= 4 is 39.0 Å². The summed E-state index contributed by atoms with van der Waals surface area (Å²) in [6, 6.07) is 15.5. The van der Waals surface area contributed by atoms with Gasteiger partial charge in [0.25, 0.3) is 15.6 Å². The number of aryl methyl sites for hydroxylation is 1. The van der Waals surface area contributed by atoms with E-state index in [-0.39, 0.29) is 18.6 Å². The fraction of sp³-hybridized carbons (Fsp3) is 0.200. The molecule has 1 aliphatic heterocycles. The van der Waals surface area contributed by atoms with Gasteiger partial charge in [0, 0.05) is 24.6 Å². The number of nitrogens with zero attached hydrogens (tertiary/aromatic N) is 2. The van der Waals surface area contributed by atoms with Crippen LogP contribution >= 0.6 is 0 Å². The molecule has 0 amide bonds. The maximum Gasteiger partial charge on any atom is 0.374 e. The number of carbonyl (C=O) groups is 1. The van der Waals surface area contributed by atoms with Crippen molar-refractivity contribution in [3.05, 3.63) is 107 Å². The Morgan fingerprint density at radius 1 is 0.976 bits per heavy atom. The molecule has 0 bridgehead atoms. The first-order valence-electron chi connectivity index (χ1n) is 13.1. The summed E-state index contributed by atoms with van der Waals surface area (Å²) in [7, 11) is -4.08. The summed E-state index contributed by atoms with van der Waals surface area (Å²) in [6.07, 6.45) is 5.55. The number of halogens is 2. The second-order valence-electron chi connectivity index (χ2n) is 9.75. The zero-order valence-corrected chi connectivity index (χ0v) is 23.1. The number of fused-ring (bicyclic) bond motifs is 2. The summed E-state index contributed by atoms with van der Waals surface area (Å²) in [6.45, 7) is 0.721. The van der Waals surface area contributed by atoms with E-state index in [4.69, 9.17) is 18.8 Å². The van der Waals surface area contributed by atoms with Gasteiger partial charge in [0.2, 0.25) is 11.5 Å². The van der Waals surface area contributed by atoms with Gasteiger partial charge in [-0.3, -0.25) is 9.35 Å². The Morgan fingerprint density at radius 2 is 1.69 bits per heavy atom. The molecule has 0 saturated heterocycles. The number of carboxylic acid groups (broad SMARTS) is 1. The van der Waals surface area contributed by atoms with Crippen LogP contribution in [0.1, 0.15) is 29.9 Å². The lowest BCUT2D eigenvalue weighted by Gasteiger charge is -2.18. The van der Waals surface area contributed by atoms with E-state index in [9.17, 15) is 22.0 Å². The van der Waals surface area contributed by atoms with Crippen molar-refractivity contribution in [1.29, 1.82) is 0 Å². The van der Waals surface area contributed by atoms with E-state index in [0.29, 0.717) is 59.4 Å². The lowest BCUT2D eigenvalue weighted by molar-refractivity contribution is -0.678. The molecule has 0 aliphatic carbocycles. The normalized spacial score (nSPS) is 14.2. The maximum atomic E-state index is 14.0. The Morgan fingerprint density at radius 3 is 2.43 bits per heavy atom. The lowest BCUT2D eigenvalue weighted by Crippen LogP contribution is -2.35. The summed E-state index contributed by atoms with van der Waals surface area (Å²) in [4.78, 5) is 12.9. The molecule has 0 fully saturated rings. The van der Waals surface area contributed by atoms with Gasteiger partial charge in [-0.15, -0.1) is 0 Å². The number of rotatable bonds is 11. The van der Waals surface area contributed by atoms with Crippen molar-refractivity contribution in [3.8, 4) is 5.75 Å². The van der Waals surface area contributed by atoms with Crippen LogP contribution in [-0.4, -0.2) is 29.8 Å². The van der Waals surface area contributed by atoms with Crippen LogP contribution in [0, 0.1) is 11.6 Å². The Kier molecular flexibility index (Phi) is 8.36. The summed E-state index contributed by atoms with van der Waals surface area (Å²) in [5.41, 5.74) is 3.12. The molecule has 2 N–H and O–H groups in total. The third-order valence-corrected chi connectivity index (χ3v) is 7.42. The molecule has 1 aromatic heterocycles. The minimum atomic E-state index is -4.08. The van der Waals surface area contributed by atoms with Crippen LogP contribution in [0.15, 0.2) is 83.1 Å². The topological polar surface area (TPSA) is 121 Å². The standard InChI is InChI=1S/C30H26F2N2O7S/c31-22-10-12-24-26(17-22)40-28(33(24)14-1-2-15-42(37,38)39)4-3-5-29-34(25-13-11-23(32)18-27(25)41-29)19-21-8-6-20(7-9-21)16-30(35)36/h3-13,17-18H,1-2,14-16,19H2,(H-,35,36,37,38,39)/p+1. The summed E-state index contributed by atoms with van der Waals surface area (Å²) >= 11 is 0. The Bertz CT molecular complexity index is 1800. The van der Waals surface area contributed by atoms with Crippen LogP contribution in [0.5, 0.6) is 5.75 Å². The number of benzene rings is 3. The second kappa shape index (κ2) is 12.1. The predicted octanol–water partition coefficient (Wildman–Crippen LogP) is 5.25. The van der Waals surface area contributed by atoms with E-state index in [1.54, 1.807) is 47.1 Å². The first-order chi connectivity index (χ1) is 20.1. The molecule has 2 heterocycles. The molecule has 5 rings (SSSR count). The molecule has 218 valence electrons. The molecule has 3 aromatic carbocycles.